The summed E-state index contributed by atoms with van der Waals surface area (Å²) in [7, 11) is 3.22. The average molecular weight is 460 g/mol. The van der Waals surface area contributed by atoms with E-state index >= 15 is 0 Å². The SMILES string of the molecule is COc1ccc(CCNC(=O)[C@H]2CCCN(c3nnc(N4CCCC4=O)s3)C2)cc1OC. The first-order chi connectivity index (χ1) is 15.6. The molecule has 2 aliphatic heterocycles. The first-order valence-corrected chi connectivity index (χ1v) is 11.8. The van der Waals surface area contributed by atoms with E-state index in [-0.39, 0.29) is 17.7 Å². The van der Waals surface area contributed by atoms with Gasteiger partial charge in [-0.2, -0.15) is 0 Å². The molecular formula is C22H29N5O4S. The number of benzene rings is 1. The maximum absolute atomic E-state index is 12.8. The van der Waals surface area contributed by atoms with Crippen LogP contribution in [0.5, 0.6) is 11.5 Å². The van der Waals surface area contributed by atoms with Crippen LogP contribution >= 0.6 is 11.3 Å². The Bertz CT molecular complexity index is 966. The van der Waals surface area contributed by atoms with E-state index in [4.69, 9.17) is 9.47 Å². The molecule has 0 radical (unpaired) electrons. The van der Waals surface area contributed by atoms with Crippen LogP contribution in [0.25, 0.3) is 0 Å². The fourth-order valence-corrected chi connectivity index (χ4v) is 5.10. The summed E-state index contributed by atoms with van der Waals surface area (Å²) in [5, 5.41) is 13.0. The normalized spacial score (nSPS) is 18.7. The zero-order valence-corrected chi connectivity index (χ0v) is 19.3. The fraction of sp³-hybridized carbons (Fsp3) is 0.545. The Morgan fingerprint density at radius 2 is 1.97 bits per heavy atom. The summed E-state index contributed by atoms with van der Waals surface area (Å²) in [6.07, 6.45) is 3.93. The van der Waals surface area contributed by atoms with Crippen molar-refractivity contribution in [2.75, 3.05) is 50.2 Å². The van der Waals surface area contributed by atoms with Gasteiger partial charge in [0.05, 0.1) is 20.1 Å². The number of rotatable bonds is 8. The van der Waals surface area contributed by atoms with Gasteiger partial charge < -0.3 is 19.7 Å². The number of nitrogens with one attached hydrogen (secondary N) is 1. The molecule has 172 valence electrons. The second kappa shape index (κ2) is 10.2. The van der Waals surface area contributed by atoms with E-state index in [1.54, 1.807) is 19.1 Å². The van der Waals surface area contributed by atoms with E-state index in [9.17, 15) is 9.59 Å². The molecule has 1 N–H and O–H groups in total. The van der Waals surface area contributed by atoms with Crippen molar-refractivity contribution in [3.63, 3.8) is 0 Å². The first-order valence-electron chi connectivity index (χ1n) is 11.0. The second-order valence-electron chi connectivity index (χ2n) is 8.03. The van der Waals surface area contributed by atoms with Crippen LogP contribution in [0.3, 0.4) is 0 Å². The van der Waals surface area contributed by atoms with E-state index in [0.29, 0.717) is 49.1 Å². The lowest BCUT2D eigenvalue weighted by molar-refractivity contribution is -0.125. The number of nitrogens with zero attached hydrogens (tertiary/aromatic N) is 4. The van der Waals surface area contributed by atoms with Crippen LogP contribution in [0.4, 0.5) is 10.3 Å². The molecule has 0 spiro atoms. The molecule has 2 saturated heterocycles. The molecule has 1 atom stereocenters. The molecule has 0 unspecified atom stereocenters. The molecule has 0 saturated carbocycles. The summed E-state index contributed by atoms with van der Waals surface area (Å²) in [6, 6.07) is 5.79. The van der Waals surface area contributed by atoms with E-state index < -0.39 is 0 Å². The molecule has 2 aliphatic rings. The Morgan fingerprint density at radius 1 is 1.16 bits per heavy atom. The molecule has 0 aliphatic carbocycles. The highest BCUT2D eigenvalue weighted by molar-refractivity contribution is 7.19. The molecular weight excluding hydrogens is 430 g/mol. The quantitative estimate of drug-likeness (QED) is 0.647. The fourth-order valence-electron chi connectivity index (χ4n) is 4.17. The minimum atomic E-state index is -0.0880. The van der Waals surface area contributed by atoms with E-state index in [1.807, 2.05) is 18.2 Å². The topological polar surface area (TPSA) is 96.9 Å². The van der Waals surface area contributed by atoms with Crippen LogP contribution in [0, 0.1) is 5.92 Å². The van der Waals surface area contributed by atoms with Crippen LogP contribution < -0.4 is 24.6 Å². The van der Waals surface area contributed by atoms with Crippen molar-refractivity contribution in [1.29, 1.82) is 0 Å². The maximum Gasteiger partial charge on any atom is 0.228 e. The van der Waals surface area contributed by atoms with Crippen LogP contribution in [0.15, 0.2) is 18.2 Å². The van der Waals surface area contributed by atoms with Gasteiger partial charge in [-0.25, -0.2) is 0 Å². The van der Waals surface area contributed by atoms with Gasteiger partial charge in [0.25, 0.3) is 0 Å². The number of methoxy groups -OCH3 is 2. The number of hydrogen-bond acceptors (Lipinski definition) is 8. The predicted molar refractivity (Wildman–Crippen MR) is 123 cm³/mol. The molecule has 2 aromatic rings. The third-order valence-corrected chi connectivity index (χ3v) is 6.94. The minimum absolute atomic E-state index is 0.0645. The first kappa shape index (κ1) is 22.3. The predicted octanol–water partition coefficient (Wildman–Crippen LogP) is 2.26. The van der Waals surface area contributed by atoms with Crippen molar-refractivity contribution in [3.05, 3.63) is 23.8 Å². The Morgan fingerprint density at radius 3 is 2.72 bits per heavy atom. The largest absolute Gasteiger partial charge is 0.493 e. The van der Waals surface area contributed by atoms with Gasteiger partial charge in [-0.05, 0) is 43.4 Å². The van der Waals surface area contributed by atoms with Gasteiger partial charge in [0.2, 0.25) is 22.1 Å². The van der Waals surface area contributed by atoms with Crippen molar-refractivity contribution in [2.24, 2.45) is 5.92 Å². The van der Waals surface area contributed by atoms with Crippen LogP contribution in [0.1, 0.15) is 31.2 Å². The van der Waals surface area contributed by atoms with Gasteiger partial charge in [0.15, 0.2) is 11.5 Å². The lowest BCUT2D eigenvalue weighted by atomic mass is 9.97. The summed E-state index contributed by atoms with van der Waals surface area (Å²) in [5.41, 5.74) is 1.08. The zero-order valence-electron chi connectivity index (χ0n) is 18.5. The number of ether oxygens (including phenoxy) is 2. The standard InChI is InChI=1S/C22H29N5O4S/c1-30-17-8-7-15(13-18(17)31-2)9-10-23-20(29)16-5-3-11-26(14-16)21-24-25-22(32-21)27-12-4-6-19(27)28/h7-8,13,16H,3-6,9-12,14H2,1-2H3,(H,23,29)/t16-/m0/s1. The van der Waals surface area contributed by atoms with Gasteiger partial charge in [0, 0.05) is 32.6 Å². The third-order valence-electron chi connectivity index (χ3n) is 5.93. The van der Waals surface area contributed by atoms with E-state index in [2.05, 4.69) is 20.4 Å². The van der Waals surface area contributed by atoms with Gasteiger partial charge in [0.1, 0.15) is 0 Å². The molecule has 9 nitrogen and oxygen atoms in total. The Balaban J connectivity index is 1.29. The zero-order chi connectivity index (χ0) is 22.5. The second-order valence-corrected chi connectivity index (χ2v) is 8.97. The van der Waals surface area contributed by atoms with E-state index in [0.717, 1.165) is 36.5 Å². The number of aromatic nitrogens is 2. The van der Waals surface area contributed by atoms with Gasteiger partial charge >= 0.3 is 0 Å². The highest BCUT2D eigenvalue weighted by atomic mass is 32.1. The molecule has 32 heavy (non-hydrogen) atoms. The monoisotopic (exact) mass is 459 g/mol. The lowest BCUT2D eigenvalue weighted by Crippen LogP contribution is -2.43. The highest BCUT2D eigenvalue weighted by Gasteiger charge is 2.30. The van der Waals surface area contributed by atoms with Crippen LogP contribution in [0.2, 0.25) is 0 Å². The summed E-state index contributed by atoms with van der Waals surface area (Å²) < 4.78 is 10.6. The molecule has 2 amide bonds. The summed E-state index contributed by atoms with van der Waals surface area (Å²) in [6.45, 7) is 2.73. The van der Waals surface area contributed by atoms with Crippen molar-refractivity contribution in [3.8, 4) is 11.5 Å². The van der Waals surface area contributed by atoms with Gasteiger partial charge in [-0.15, -0.1) is 10.2 Å². The smallest absolute Gasteiger partial charge is 0.228 e. The van der Waals surface area contributed by atoms with Crippen molar-refractivity contribution in [2.45, 2.75) is 32.1 Å². The molecule has 0 bridgehead atoms. The van der Waals surface area contributed by atoms with Crippen molar-refractivity contribution in [1.82, 2.24) is 15.5 Å². The summed E-state index contributed by atoms with van der Waals surface area (Å²) >= 11 is 1.43. The Labute approximate surface area is 191 Å². The molecule has 10 heteroatoms. The van der Waals surface area contributed by atoms with Crippen molar-refractivity contribution >= 4 is 33.4 Å². The molecule has 2 fully saturated rings. The summed E-state index contributed by atoms with van der Waals surface area (Å²) in [5.74, 6) is 1.46. The van der Waals surface area contributed by atoms with Gasteiger partial charge in [-0.3, -0.25) is 14.5 Å². The number of hydrogen-bond donors (Lipinski definition) is 1. The number of piperidine rings is 1. The number of anilines is 2. The third kappa shape index (κ3) is 4.95. The van der Waals surface area contributed by atoms with Crippen LogP contribution in [-0.4, -0.2) is 62.4 Å². The maximum atomic E-state index is 12.8. The number of amides is 2. The number of carbonyl (C=O) groups excluding carboxylic acids is 2. The molecule has 3 heterocycles. The lowest BCUT2D eigenvalue weighted by Gasteiger charge is -2.31. The number of carbonyl (C=O) groups is 2. The Kier molecular flexibility index (Phi) is 7.09. The van der Waals surface area contributed by atoms with Crippen LogP contribution in [-0.2, 0) is 16.0 Å². The Hall–Kier alpha value is -2.88. The molecule has 1 aromatic heterocycles. The minimum Gasteiger partial charge on any atom is -0.493 e. The average Bonchev–Trinajstić information content (AvgIpc) is 3.48. The van der Waals surface area contributed by atoms with Crippen molar-refractivity contribution < 1.29 is 19.1 Å². The van der Waals surface area contributed by atoms with Gasteiger partial charge in [-0.1, -0.05) is 17.4 Å². The molecule has 4 rings (SSSR count). The molecule has 1 aromatic carbocycles. The summed E-state index contributed by atoms with van der Waals surface area (Å²) in [4.78, 5) is 28.6. The highest BCUT2D eigenvalue weighted by Crippen LogP contribution is 2.32. The van der Waals surface area contributed by atoms with E-state index in [1.165, 1.54) is 11.3 Å².